The molecule has 64 valence electrons. The summed E-state index contributed by atoms with van der Waals surface area (Å²) in [6, 6.07) is 6.47. The van der Waals surface area contributed by atoms with Crippen molar-refractivity contribution in [3.8, 4) is 0 Å². The van der Waals surface area contributed by atoms with E-state index in [2.05, 4.69) is 0 Å². The van der Waals surface area contributed by atoms with Crippen LogP contribution in [0.1, 0.15) is 5.56 Å². The first-order chi connectivity index (χ1) is 6.34. The number of rotatable bonds is 1. The molecule has 2 rings (SSSR count). The highest BCUT2D eigenvalue weighted by molar-refractivity contribution is 5.61. The average molecular weight is 172 g/mol. The van der Waals surface area contributed by atoms with Crippen LogP contribution in [-0.4, -0.2) is 0 Å². The Balaban J connectivity index is 2.27. The van der Waals surface area contributed by atoms with Gasteiger partial charge in [-0.05, 0) is 29.3 Å². The lowest BCUT2D eigenvalue weighted by Crippen LogP contribution is -1.75. The van der Waals surface area contributed by atoms with Gasteiger partial charge in [-0.1, -0.05) is 36.4 Å². The molecule has 0 unspecified atom stereocenters. The first kappa shape index (κ1) is 7.99. The Hall–Kier alpha value is -1.63. The molecule has 0 radical (unpaired) electrons. The summed E-state index contributed by atoms with van der Waals surface area (Å²) < 4.78 is 12.6. The van der Waals surface area contributed by atoms with Crippen LogP contribution in [0.15, 0.2) is 54.1 Å². The number of hydrogen-bond acceptors (Lipinski definition) is 0. The van der Waals surface area contributed by atoms with Crippen molar-refractivity contribution in [2.24, 2.45) is 0 Å². The molecule has 0 bridgehead atoms. The molecule has 0 nitrogen and oxygen atoms in total. The molecule has 0 heterocycles. The van der Waals surface area contributed by atoms with Crippen LogP contribution in [0, 0.1) is 5.82 Å². The van der Waals surface area contributed by atoms with Crippen LogP contribution >= 0.6 is 0 Å². The predicted molar refractivity (Wildman–Crippen MR) is 52.7 cm³/mol. The van der Waals surface area contributed by atoms with E-state index in [-0.39, 0.29) is 5.82 Å². The fourth-order valence-corrected chi connectivity index (χ4v) is 1.24. The van der Waals surface area contributed by atoms with Crippen molar-refractivity contribution in [3.05, 3.63) is 65.5 Å². The third-order valence-corrected chi connectivity index (χ3v) is 1.89. The molecular weight excluding hydrogens is 163 g/mol. The molecule has 1 aromatic carbocycles. The van der Waals surface area contributed by atoms with Crippen LogP contribution in [0.3, 0.4) is 0 Å². The molecule has 0 aromatic heterocycles. The number of hydrogen-bond donors (Lipinski definition) is 0. The van der Waals surface area contributed by atoms with E-state index in [4.69, 9.17) is 0 Å². The minimum Gasteiger partial charge on any atom is -0.207 e. The number of halogens is 1. The molecule has 13 heavy (non-hydrogen) atoms. The Morgan fingerprint density at radius 3 is 2.15 bits per heavy atom. The van der Waals surface area contributed by atoms with E-state index in [0.717, 1.165) is 11.1 Å². The highest BCUT2D eigenvalue weighted by Crippen LogP contribution is 2.13. The standard InChI is InChI=1S/C12H9F/c13-12-7-5-11(6-8-12)9-10-3-1-2-4-10/h1-9H. The Bertz CT molecular complexity index is 366. The normalized spacial score (nSPS) is 13.8. The first-order valence-corrected chi connectivity index (χ1v) is 4.17. The second-order valence-electron chi connectivity index (χ2n) is 2.91. The van der Waals surface area contributed by atoms with Gasteiger partial charge >= 0.3 is 0 Å². The summed E-state index contributed by atoms with van der Waals surface area (Å²) in [5, 5.41) is 0. The zero-order valence-electron chi connectivity index (χ0n) is 7.07. The molecule has 0 saturated carbocycles. The monoisotopic (exact) mass is 172 g/mol. The molecule has 0 spiro atoms. The van der Waals surface area contributed by atoms with Gasteiger partial charge < -0.3 is 0 Å². The maximum Gasteiger partial charge on any atom is 0.123 e. The second kappa shape index (κ2) is 3.40. The third-order valence-electron chi connectivity index (χ3n) is 1.89. The SMILES string of the molecule is Fc1ccc(C=C2C=CC=C2)cc1. The summed E-state index contributed by atoms with van der Waals surface area (Å²) in [6.45, 7) is 0. The molecule has 1 aromatic rings. The zero-order chi connectivity index (χ0) is 9.10. The summed E-state index contributed by atoms with van der Waals surface area (Å²) in [5.74, 6) is -0.195. The second-order valence-corrected chi connectivity index (χ2v) is 2.91. The van der Waals surface area contributed by atoms with Crippen LogP contribution < -0.4 is 0 Å². The quantitative estimate of drug-likeness (QED) is 0.609. The van der Waals surface area contributed by atoms with E-state index in [1.54, 1.807) is 12.1 Å². The molecule has 0 fully saturated rings. The fourth-order valence-electron chi connectivity index (χ4n) is 1.24. The Morgan fingerprint density at radius 1 is 0.923 bits per heavy atom. The molecule has 1 heteroatoms. The third kappa shape index (κ3) is 1.94. The largest absolute Gasteiger partial charge is 0.207 e. The molecule has 0 saturated heterocycles. The molecule has 1 aliphatic rings. The van der Waals surface area contributed by atoms with Gasteiger partial charge in [0, 0.05) is 0 Å². The van der Waals surface area contributed by atoms with Crippen molar-refractivity contribution in [1.29, 1.82) is 0 Å². The van der Waals surface area contributed by atoms with E-state index in [1.165, 1.54) is 12.1 Å². The van der Waals surface area contributed by atoms with Crippen molar-refractivity contribution >= 4 is 6.08 Å². The van der Waals surface area contributed by atoms with Gasteiger partial charge in [-0.15, -0.1) is 0 Å². The zero-order valence-corrected chi connectivity index (χ0v) is 7.07. The van der Waals surface area contributed by atoms with E-state index in [9.17, 15) is 4.39 Å². The smallest absolute Gasteiger partial charge is 0.123 e. The summed E-state index contributed by atoms with van der Waals surface area (Å²) in [7, 11) is 0. The Morgan fingerprint density at radius 2 is 1.54 bits per heavy atom. The van der Waals surface area contributed by atoms with Crippen molar-refractivity contribution in [1.82, 2.24) is 0 Å². The summed E-state index contributed by atoms with van der Waals surface area (Å²) in [6.07, 6.45) is 10.0. The van der Waals surface area contributed by atoms with Crippen LogP contribution in [0.2, 0.25) is 0 Å². The van der Waals surface area contributed by atoms with Crippen LogP contribution in [0.5, 0.6) is 0 Å². The van der Waals surface area contributed by atoms with Crippen LogP contribution in [0.25, 0.3) is 6.08 Å². The van der Waals surface area contributed by atoms with Crippen LogP contribution in [0.4, 0.5) is 4.39 Å². The first-order valence-electron chi connectivity index (χ1n) is 4.17. The lowest BCUT2D eigenvalue weighted by atomic mass is 10.1. The average Bonchev–Trinajstić information content (AvgIpc) is 2.62. The fraction of sp³-hybridized carbons (Fsp3) is 0. The molecule has 0 aliphatic heterocycles. The van der Waals surface area contributed by atoms with E-state index < -0.39 is 0 Å². The topological polar surface area (TPSA) is 0 Å². The maximum absolute atomic E-state index is 12.6. The Kier molecular flexibility index (Phi) is 2.09. The maximum atomic E-state index is 12.6. The van der Waals surface area contributed by atoms with Gasteiger partial charge in [0.05, 0.1) is 0 Å². The van der Waals surface area contributed by atoms with Gasteiger partial charge in [-0.3, -0.25) is 0 Å². The summed E-state index contributed by atoms with van der Waals surface area (Å²) >= 11 is 0. The number of allylic oxidation sites excluding steroid dienone is 5. The van der Waals surface area contributed by atoms with E-state index >= 15 is 0 Å². The van der Waals surface area contributed by atoms with E-state index in [1.807, 2.05) is 30.4 Å². The van der Waals surface area contributed by atoms with Crippen molar-refractivity contribution in [3.63, 3.8) is 0 Å². The van der Waals surface area contributed by atoms with Gasteiger partial charge in [-0.2, -0.15) is 0 Å². The lowest BCUT2D eigenvalue weighted by Gasteiger charge is -1.94. The van der Waals surface area contributed by atoms with Crippen LogP contribution in [-0.2, 0) is 0 Å². The lowest BCUT2D eigenvalue weighted by molar-refractivity contribution is 0.628. The highest BCUT2D eigenvalue weighted by atomic mass is 19.1. The summed E-state index contributed by atoms with van der Waals surface area (Å²) in [4.78, 5) is 0. The van der Waals surface area contributed by atoms with Gasteiger partial charge in [0.15, 0.2) is 0 Å². The molecular formula is C12H9F. The van der Waals surface area contributed by atoms with Gasteiger partial charge in [0.2, 0.25) is 0 Å². The van der Waals surface area contributed by atoms with E-state index in [0.29, 0.717) is 0 Å². The molecule has 0 N–H and O–H groups in total. The van der Waals surface area contributed by atoms with Gasteiger partial charge in [0.25, 0.3) is 0 Å². The molecule has 0 amide bonds. The van der Waals surface area contributed by atoms with Crippen molar-refractivity contribution in [2.75, 3.05) is 0 Å². The van der Waals surface area contributed by atoms with Gasteiger partial charge in [0.1, 0.15) is 5.82 Å². The summed E-state index contributed by atoms with van der Waals surface area (Å²) in [5.41, 5.74) is 2.17. The van der Waals surface area contributed by atoms with Crippen molar-refractivity contribution in [2.45, 2.75) is 0 Å². The van der Waals surface area contributed by atoms with Crippen molar-refractivity contribution < 1.29 is 4.39 Å². The Labute approximate surface area is 76.7 Å². The highest BCUT2D eigenvalue weighted by Gasteiger charge is 1.93. The van der Waals surface area contributed by atoms with Gasteiger partial charge in [-0.25, -0.2) is 4.39 Å². The molecule has 0 atom stereocenters. The predicted octanol–water partition coefficient (Wildman–Crippen LogP) is 3.34. The minimum atomic E-state index is -0.195. The minimum absolute atomic E-state index is 0.195. The molecule has 1 aliphatic carbocycles. The number of benzene rings is 1.